The molecule has 3 rings (SSSR count). The summed E-state index contributed by atoms with van der Waals surface area (Å²) in [6.45, 7) is 1.40. The molecular formula is C17H23N5O. The second-order valence-corrected chi connectivity index (χ2v) is 5.96. The summed E-state index contributed by atoms with van der Waals surface area (Å²) in [5.41, 5.74) is 2.66. The molecule has 1 heterocycles. The van der Waals surface area contributed by atoms with Gasteiger partial charge in [-0.2, -0.15) is 5.10 Å². The molecule has 6 nitrogen and oxygen atoms in total. The van der Waals surface area contributed by atoms with Gasteiger partial charge in [0.15, 0.2) is 0 Å². The average Bonchev–Trinajstić information content (AvgIpc) is 3.11. The molecule has 0 saturated heterocycles. The number of aromatic nitrogens is 3. The zero-order valence-electron chi connectivity index (χ0n) is 13.5. The standard InChI is InChI=1S/C17H23N5O/c1-21(16-9-4-7-14-6-2-3-8-15(14)16)17(23)19-10-5-11-22-13-18-12-20-22/h2-3,6,8,12-13,16H,4-5,7,9-11H2,1H3,(H,19,23)/t16-/m1/s1. The number of aryl methyl sites for hydroxylation is 2. The Bertz CT molecular complexity index is 640. The van der Waals surface area contributed by atoms with Crippen LogP contribution < -0.4 is 5.32 Å². The van der Waals surface area contributed by atoms with Crippen LogP contribution in [0.4, 0.5) is 4.79 Å². The van der Waals surface area contributed by atoms with Crippen LogP contribution in [-0.2, 0) is 13.0 Å². The average molecular weight is 313 g/mol. The van der Waals surface area contributed by atoms with Gasteiger partial charge in [0, 0.05) is 20.1 Å². The molecule has 1 N–H and O–H groups in total. The number of rotatable bonds is 5. The number of hydrogen-bond donors (Lipinski definition) is 1. The summed E-state index contributed by atoms with van der Waals surface area (Å²) in [5, 5.41) is 7.05. The van der Waals surface area contributed by atoms with E-state index in [4.69, 9.17) is 0 Å². The topological polar surface area (TPSA) is 63.1 Å². The Kier molecular flexibility index (Phi) is 4.90. The van der Waals surface area contributed by atoms with Gasteiger partial charge >= 0.3 is 6.03 Å². The largest absolute Gasteiger partial charge is 0.338 e. The predicted octanol–water partition coefficient (Wildman–Crippen LogP) is 2.39. The summed E-state index contributed by atoms with van der Waals surface area (Å²) in [6.07, 6.45) is 7.31. The SMILES string of the molecule is CN(C(=O)NCCCn1cncn1)[C@@H]1CCCc2ccccc21. The number of carbonyl (C=O) groups is 1. The van der Waals surface area contributed by atoms with Crippen molar-refractivity contribution in [1.29, 1.82) is 0 Å². The molecule has 1 aliphatic rings. The van der Waals surface area contributed by atoms with Crippen LogP contribution in [-0.4, -0.2) is 39.3 Å². The Morgan fingerprint density at radius 3 is 3.13 bits per heavy atom. The van der Waals surface area contributed by atoms with E-state index in [0.717, 1.165) is 32.2 Å². The number of carbonyl (C=O) groups excluding carboxylic acids is 1. The Labute approximate surface area is 136 Å². The number of hydrogen-bond acceptors (Lipinski definition) is 3. The molecule has 2 amide bonds. The summed E-state index contributed by atoms with van der Waals surface area (Å²) in [4.78, 5) is 18.1. The molecule has 23 heavy (non-hydrogen) atoms. The second-order valence-electron chi connectivity index (χ2n) is 5.96. The van der Waals surface area contributed by atoms with E-state index in [9.17, 15) is 4.79 Å². The Balaban J connectivity index is 1.51. The van der Waals surface area contributed by atoms with Crippen molar-refractivity contribution in [3.63, 3.8) is 0 Å². The summed E-state index contributed by atoms with van der Waals surface area (Å²) >= 11 is 0. The van der Waals surface area contributed by atoms with E-state index in [-0.39, 0.29) is 12.1 Å². The fourth-order valence-corrected chi connectivity index (χ4v) is 3.18. The zero-order valence-corrected chi connectivity index (χ0v) is 13.5. The van der Waals surface area contributed by atoms with Gasteiger partial charge in [0.2, 0.25) is 0 Å². The number of amides is 2. The van der Waals surface area contributed by atoms with E-state index in [1.54, 1.807) is 11.0 Å². The van der Waals surface area contributed by atoms with E-state index < -0.39 is 0 Å². The van der Waals surface area contributed by atoms with Gasteiger partial charge < -0.3 is 10.2 Å². The smallest absolute Gasteiger partial charge is 0.317 e. The van der Waals surface area contributed by atoms with Gasteiger partial charge in [0.25, 0.3) is 0 Å². The quantitative estimate of drug-likeness (QED) is 0.862. The van der Waals surface area contributed by atoms with Crippen LogP contribution in [0, 0.1) is 0 Å². The van der Waals surface area contributed by atoms with Gasteiger partial charge in [0.05, 0.1) is 6.04 Å². The first-order valence-electron chi connectivity index (χ1n) is 8.16. The van der Waals surface area contributed by atoms with Gasteiger partial charge in [-0.15, -0.1) is 0 Å². The van der Waals surface area contributed by atoms with Gasteiger partial charge in [-0.3, -0.25) is 4.68 Å². The van der Waals surface area contributed by atoms with Crippen LogP contribution in [0.2, 0.25) is 0 Å². The highest BCUT2D eigenvalue weighted by Crippen LogP contribution is 2.33. The van der Waals surface area contributed by atoms with Crippen molar-refractivity contribution >= 4 is 6.03 Å². The third-order valence-corrected chi connectivity index (χ3v) is 4.43. The maximum Gasteiger partial charge on any atom is 0.317 e. The van der Waals surface area contributed by atoms with Crippen LogP contribution >= 0.6 is 0 Å². The molecule has 2 aromatic rings. The summed E-state index contributed by atoms with van der Waals surface area (Å²) < 4.78 is 1.77. The van der Waals surface area contributed by atoms with Crippen molar-refractivity contribution in [2.45, 2.75) is 38.3 Å². The maximum absolute atomic E-state index is 12.4. The minimum atomic E-state index is -0.00899. The lowest BCUT2D eigenvalue weighted by Gasteiger charge is -2.33. The maximum atomic E-state index is 12.4. The predicted molar refractivity (Wildman–Crippen MR) is 87.9 cm³/mol. The van der Waals surface area contributed by atoms with E-state index in [0.29, 0.717) is 6.54 Å². The summed E-state index contributed by atoms with van der Waals surface area (Å²) in [5.74, 6) is 0. The van der Waals surface area contributed by atoms with E-state index in [2.05, 4.69) is 39.7 Å². The number of benzene rings is 1. The first-order valence-corrected chi connectivity index (χ1v) is 8.16. The highest BCUT2D eigenvalue weighted by molar-refractivity contribution is 5.74. The number of nitrogens with zero attached hydrogens (tertiary/aromatic N) is 4. The molecule has 1 atom stereocenters. The molecule has 6 heteroatoms. The lowest BCUT2D eigenvalue weighted by Crippen LogP contribution is -2.41. The van der Waals surface area contributed by atoms with Crippen molar-refractivity contribution in [1.82, 2.24) is 25.0 Å². The van der Waals surface area contributed by atoms with Crippen molar-refractivity contribution in [2.75, 3.05) is 13.6 Å². The minimum Gasteiger partial charge on any atom is -0.338 e. The normalized spacial score (nSPS) is 16.7. The van der Waals surface area contributed by atoms with Crippen molar-refractivity contribution in [3.8, 4) is 0 Å². The molecule has 1 aliphatic carbocycles. The highest BCUT2D eigenvalue weighted by atomic mass is 16.2. The molecule has 122 valence electrons. The molecule has 0 saturated carbocycles. The fourth-order valence-electron chi connectivity index (χ4n) is 3.18. The molecule has 0 fully saturated rings. The summed E-state index contributed by atoms with van der Waals surface area (Å²) in [7, 11) is 1.89. The van der Waals surface area contributed by atoms with Crippen molar-refractivity contribution < 1.29 is 4.79 Å². The molecular weight excluding hydrogens is 290 g/mol. The van der Waals surface area contributed by atoms with E-state index in [1.165, 1.54) is 17.5 Å². The van der Waals surface area contributed by atoms with Crippen LogP contribution in [0.1, 0.15) is 36.4 Å². The first kappa shape index (κ1) is 15.5. The second kappa shape index (κ2) is 7.26. The fraction of sp³-hybridized carbons (Fsp3) is 0.471. The molecule has 0 spiro atoms. The van der Waals surface area contributed by atoms with E-state index >= 15 is 0 Å². The van der Waals surface area contributed by atoms with Crippen LogP contribution in [0.25, 0.3) is 0 Å². The third-order valence-electron chi connectivity index (χ3n) is 4.43. The van der Waals surface area contributed by atoms with Gasteiger partial charge in [-0.1, -0.05) is 24.3 Å². The molecule has 0 bridgehead atoms. The van der Waals surface area contributed by atoms with E-state index in [1.807, 2.05) is 11.9 Å². The summed E-state index contributed by atoms with van der Waals surface area (Å²) in [6, 6.07) is 8.62. The lowest BCUT2D eigenvalue weighted by atomic mass is 9.87. The zero-order chi connectivity index (χ0) is 16.1. The van der Waals surface area contributed by atoms with Gasteiger partial charge in [-0.05, 0) is 36.8 Å². The number of urea groups is 1. The molecule has 0 aliphatic heterocycles. The Morgan fingerprint density at radius 2 is 2.30 bits per heavy atom. The molecule has 1 aromatic carbocycles. The van der Waals surface area contributed by atoms with Crippen LogP contribution in [0.3, 0.4) is 0 Å². The molecule has 1 aromatic heterocycles. The number of nitrogens with one attached hydrogen (secondary N) is 1. The van der Waals surface area contributed by atoms with Gasteiger partial charge in [-0.25, -0.2) is 9.78 Å². The van der Waals surface area contributed by atoms with Crippen molar-refractivity contribution in [2.24, 2.45) is 0 Å². The highest BCUT2D eigenvalue weighted by Gasteiger charge is 2.26. The molecule has 0 unspecified atom stereocenters. The van der Waals surface area contributed by atoms with Crippen molar-refractivity contribution in [3.05, 3.63) is 48.0 Å². The third kappa shape index (κ3) is 3.70. The number of fused-ring (bicyclic) bond motifs is 1. The monoisotopic (exact) mass is 313 g/mol. The Morgan fingerprint density at radius 1 is 1.43 bits per heavy atom. The minimum absolute atomic E-state index is 0.00899. The lowest BCUT2D eigenvalue weighted by molar-refractivity contribution is 0.183. The van der Waals surface area contributed by atoms with Crippen LogP contribution in [0.15, 0.2) is 36.9 Å². The van der Waals surface area contributed by atoms with Gasteiger partial charge in [0.1, 0.15) is 12.7 Å². The Hall–Kier alpha value is -2.37. The first-order chi connectivity index (χ1) is 11.3. The van der Waals surface area contributed by atoms with Crippen LogP contribution in [0.5, 0.6) is 0 Å². The molecule has 0 radical (unpaired) electrons.